The van der Waals surface area contributed by atoms with Gasteiger partial charge in [-0.15, -0.1) is 0 Å². The summed E-state index contributed by atoms with van der Waals surface area (Å²) in [5, 5.41) is 3.39. The van der Waals surface area contributed by atoms with E-state index < -0.39 is 0 Å². The molecule has 3 heteroatoms. The summed E-state index contributed by atoms with van der Waals surface area (Å²) >= 11 is 0. The van der Waals surface area contributed by atoms with Gasteiger partial charge in [-0.1, -0.05) is 12.1 Å². The average molecular weight is 257 g/mol. The number of hydrogen-bond donors (Lipinski definition) is 1. The van der Waals surface area contributed by atoms with Gasteiger partial charge in [-0.05, 0) is 47.9 Å². The molecule has 0 amide bonds. The first-order valence-corrected chi connectivity index (χ1v) is 6.55. The van der Waals surface area contributed by atoms with E-state index in [9.17, 15) is 4.39 Å². The van der Waals surface area contributed by atoms with Crippen molar-refractivity contribution in [3.05, 3.63) is 59.4 Å². The van der Waals surface area contributed by atoms with Gasteiger partial charge in [0, 0.05) is 18.7 Å². The van der Waals surface area contributed by atoms with E-state index in [1.165, 1.54) is 17.7 Å². The van der Waals surface area contributed by atoms with Gasteiger partial charge < -0.3 is 10.1 Å². The molecule has 0 atom stereocenters. The van der Waals surface area contributed by atoms with Crippen molar-refractivity contribution in [2.75, 3.05) is 18.5 Å². The van der Waals surface area contributed by atoms with Crippen LogP contribution in [0.3, 0.4) is 0 Å². The van der Waals surface area contributed by atoms with Gasteiger partial charge in [0.05, 0.1) is 6.61 Å². The van der Waals surface area contributed by atoms with Crippen molar-refractivity contribution in [3.8, 4) is 5.75 Å². The minimum atomic E-state index is -0.185. The van der Waals surface area contributed by atoms with Crippen LogP contribution >= 0.6 is 0 Å². The lowest BCUT2D eigenvalue weighted by molar-refractivity contribution is 0.357. The van der Waals surface area contributed by atoms with Gasteiger partial charge >= 0.3 is 0 Å². The molecule has 0 saturated carbocycles. The number of benzene rings is 2. The molecule has 0 radical (unpaired) electrons. The first-order valence-electron chi connectivity index (χ1n) is 6.55. The number of halogens is 1. The predicted octanol–water partition coefficient (Wildman–Crippen LogP) is 3.42. The minimum absolute atomic E-state index is 0.185. The summed E-state index contributed by atoms with van der Waals surface area (Å²) < 4.78 is 18.2. The number of anilines is 1. The maximum Gasteiger partial charge on any atom is 0.123 e. The van der Waals surface area contributed by atoms with Crippen LogP contribution in [0.1, 0.15) is 11.1 Å². The van der Waals surface area contributed by atoms with Crippen molar-refractivity contribution < 1.29 is 9.13 Å². The molecule has 0 bridgehead atoms. The van der Waals surface area contributed by atoms with Crippen molar-refractivity contribution in [2.24, 2.45) is 0 Å². The van der Waals surface area contributed by atoms with Crippen molar-refractivity contribution >= 4 is 5.69 Å². The second kappa shape index (κ2) is 5.31. The Balaban J connectivity index is 1.56. The van der Waals surface area contributed by atoms with Crippen LogP contribution in [-0.4, -0.2) is 13.2 Å². The first-order chi connectivity index (χ1) is 9.31. The highest BCUT2D eigenvalue weighted by Gasteiger charge is 2.11. The van der Waals surface area contributed by atoms with Crippen molar-refractivity contribution in [3.63, 3.8) is 0 Å². The molecule has 1 aliphatic rings. The monoisotopic (exact) mass is 257 g/mol. The predicted molar refractivity (Wildman–Crippen MR) is 74.2 cm³/mol. The van der Waals surface area contributed by atoms with Gasteiger partial charge in [-0.25, -0.2) is 4.39 Å². The normalized spacial score (nSPS) is 12.9. The fourth-order valence-electron chi connectivity index (χ4n) is 2.30. The van der Waals surface area contributed by atoms with Gasteiger partial charge in [0.25, 0.3) is 0 Å². The number of rotatable bonds is 4. The molecule has 19 heavy (non-hydrogen) atoms. The van der Waals surface area contributed by atoms with Gasteiger partial charge in [-0.3, -0.25) is 0 Å². The van der Waals surface area contributed by atoms with Gasteiger partial charge in [-0.2, -0.15) is 0 Å². The summed E-state index contributed by atoms with van der Waals surface area (Å²) in [5.74, 6) is 0.819. The van der Waals surface area contributed by atoms with Gasteiger partial charge in [0.2, 0.25) is 0 Å². The zero-order valence-corrected chi connectivity index (χ0v) is 10.7. The third kappa shape index (κ3) is 2.87. The molecule has 0 saturated heterocycles. The molecule has 0 aliphatic carbocycles. The summed E-state index contributed by atoms with van der Waals surface area (Å²) in [6, 6.07) is 12.9. The molecule has 1 aliphatic heterocycles. The fourth-order valence-corrected chi connectivity index (χ4v) is 2.30. The molecule has 0 spiro atoms. The van der Waals surface area contributed by atoms with E-state index >= 15 is 0 Å². The Hall–Kier alpha value is -2.03. The third-order valence-corrected chi connectivity index (χ3v) is 3.35. The number of fused-ring (bicyclic) bond motifs is 1. The molecule has 0 aromatic heterocycles. The van der Waals surface area contributed by atoms with Crippen LogP contribution in [0.25, 0.3) is 0 Å². The lowest BCUT2D eigenvalue weighted by Gasteiger charge is -2.08. The van der Waals surface area contributed by atoms with Crippen LogP contribution in [0.2, 0.25) is 0 Å². The highest BCUT2D eigenvalue weighted by molar-refractivity contribution is 5.52. The fraction of sp³-hybridized carbons (Fsp3) is 0.250. The summed E-state index contributed by atoms with van der Waals surface area (Å²) in [7, 11) is 0. The second-order valence-corrected chi connectivity index (χ2v) is 4.72. The van der Waals surface area contributed by atoms with Gasteiger partial charge in [0.1, 0.15) is 11.6 Å². The molecular formula is C16H16FNO. The molecule has 2 nitrogen and oxygen atoms in total. The highest BCUT2D eigenvalue weighted by Crippen LogP contribution is 2.27. The van der Waals surface area contributed by atoms with E-state index in [4.69, 9.17) is 4.74 Å². The highest BCUT2D eigenvalue weighted by atomic mass is 19.1. The Labute approximate surface area is 112 Å². The van der Waals surface area contributed by atoms with E-state index in [2.05, 4.69) is 11.4 Å². The Morgan fingerprint density at radius 3 is 2.79 bits per heavy atom. The van der Waals surface area contributed by atoms with Gasteiger partial charge in [0.15, 0.2) is 0 Å². The van der Waals surface area contributed by atoms with E-state index in [1.54, 1.807) is 0 Å². The quantitative estimate of drug-likeness (QED) is 0.906. The zero-order chi connectivity index (χ0) is 13.1. The van der Waals surface area contributed by atoms with Crippen LogP contribution in [-0.2, 0) is 12.8 Å². The lowest BCUT2D eigenvalue weighted by Crippen LogP contribution is -2.04. The smallest absolute Gasteiger partial charge is 0.123 e. The first kappa shape index (κ1) is 12.0. The number of ether oxygens (including phenoxy) is 1. The number of nitrogens with one attached hydrogen (secondary N) is 1. The van der Waals surface area contributed by atoms with E-state index in [0.29, 0.717) is 0 Å². The Bertz CT molecular complexity index is 565. The van der Waals surface area contributed by atoms with Crippen molar-refractivity contribution in [1.82, 2.24) is 0 Å². The summed E-state index contributed by atoms with van der Waals surface area (Å²) in [6.45, 7) is 1.62. The van der Waals surface area contributed by atoms with Crippen LogP contribution < -0.4 is 10.1 Å². The summed E-state index contributed by atoms with van der Waals surface area (Å²) in [6.07, 6.45) is 1.87. The largest absolute Gasteiger partial charge is 0.493 e. The molecular weight excluding hydrogens is 241 g/mol. The Morgan fingerprint density at radius 1 is 1.11 bits per heavy atom. The molecule has 2 aromatic carbocycles. The summed E-state index contributed by atoms with van der Waals surface area (Å²) in [5.41, 5.74) is 3.52. The SMILES string of the molecule is Fc1ccc(CCNc2ccc3c(c2)CCO3)cc1. The van der Waals surface area contributed by atoms with E-state index in [-0.39, 0.29) is 5.82 Å². The number of hydrogen-bond acceptors (Lipinski definition) is 2. The maximum atomic E-state index is 12.8. The molecule has 0 unspecified atom stereocenters. The topological polar surface area (TPSA) is 21.3 Å². The van der Waals surface area contributed by atoms with Crippen LogP contribution in [0.5, 0.6) is 5.75 Å². The second-order valence-electron chi connectivity index (χ2n) is 4.72. The molecule has 3 rings (SSSR count). The maximum absolute atomic E-state index is 12.8. The van der Waals surface area contributed by atoms with Crippen molar-refractivity contribution in [1.29, 1.82) is 0 Å². The van der Waals surface area contributed by atoms with Crippen LogP contribution in [0.15, 0.2) is 42.5 Å². The van der Waals surface area contributed by atoms with E-state index in [1.807, 2.05) is 24.3 Å². The van der Waals surface area contributed by atoms with E-state index in [0.717, 1.165) is 43.0 Å². The Morgan fingerprint density at radius 2 is 1.95 bits per heavy atom. The third-order valence-electron chi connectivity index (χ3n) is 3.35. The van der Waals surface area contributed by atoms with Crippen molar-refractivity contribution in [2.45, 2.75) is 12.8 Å². The van der Waals surface area contributed by atoms with Crippen LogP contribution in [0.4, 0.5) is 10.1 Å². The molecule has 2 aromatic rings. The molecule has 0 fully saturated rings. The molecule has 1 heterocycles. The minimum Gasteiger partial charge on any atom is -0.493 e. The molecule has 98 valence electrons. The average Bonchev–Trinajstić information content (AvgIpc) is 2.88. The summed E-state index contributed by atoms with van der Waals surface area (Å²) in [4.78, 5) is 0. The van der Waals surface area contributed by atoms with Crippen LogP contribution in [0, 0.1) is 5.82 Å². The lowest BCUT2D eigenvalue weighted by atomic mass is 10.1. The standard InChI is InChI=1S/C16H16FNO/c17-14-3-1-12(2-4-14)7-9-18-15-5-6-16-13(11-15)8-10-19-16/h1-6,11,18H,7-10H2. The Kier molecular flexibility index (Phi) is 3.36. The molecule has 1 N–H and O–H groups in total. The zero-order valence-electron chi connectivity index (χ0n) is 10.7.